The molecule has 0 aliphatic rings. The zero-order valence-electron chi connectivity index (χ0n) is 13.0. The van der Waals surface area contributed by atoms with Crippen LogP contribution in [0.2, 0.25) is 0 Å². The highest BCUT2D eigenvalue weighted by Gasteiger charge is 2.18. The molecule has 0 saturated carbocycles. The van der Waals surface area contributed by atoms with Gasteiger partial charge in [0.25, 0.3) is 5.69 Å². The minimum Gasteiger partial charge on any atom is -0.493 e. The van der Waals surface area contributed by atoms with Crippen LogP contribution in [0.1, 0.15) is 10.4 Å². The highest BCUT2D eigenvalue weighted by Crippen LogP contribution is 2.33. The second kappa shape index (κ2) is 8.06. The molecule has 0 bridgehead atoms. The quantitative estimate of drug-likeness (QED) is 0.469. The summed E-state index contributed by atoms with van der Waals surface area (Å²) in [6.07, 6.45) is 1.40. The molecule has 0 atom stereocenters. The van der Waals surface area contributed by atoms with Crippen molar-refractivity contribution >= 4 is 29.1 Å². The number of nitrogens with one attached hydrogen (secondary N) is 1. The zero-order valence-corrected chi connectivity index (χ0v) is 13.8. The first-order valence-electron chi connectivity index (χ1n) is 6.80. The molecule has 0 aliphatic heterocycles. The number of nitro benzene ring substituents is 1. The average Bonchev–Trinajstić information content (AvgIpc) is 3.06. The fourth-order valence-electron chi connectivity index (χ4n) is 1.93. The van der Waals surface area contributed by atoms with Crippen molar-refractivity contribution in [3.05, 3.63) is 50.2 Å². The number of carbonyl (C=O) groups is 1. The molecule has 2 rings (SSSR count). The Morgan fingerprint density at radius 2 is 2.08 bits per heavy atom. The Morgan fingerprint density at radius 3 is 2.67 bits per heavy atom. The smallest absolute Gasteiger partial charge is 0.282 e. The van der Waals surface area contributed by atoms with E-state index in [-0.39, 0.29) is 29.3 Å². The molecule has 0 unspecified atom stereocenters. The summed E-state index contributed by atoms with van der Waals surface area (Å²) in [6.45, 7) is 0. The van der Waals surface area contributed by atoms with Gasteiger partial charge >= 0.3 is 0 Å². The van der Waals surface area contributed by atoms with Crippen molar-refractivity contribution in [1.82, 2.24) is 5.43 Å². The van der Waals surface area contributed by atoms with Gasteiger partial charge in [0.2, 0.25) is 5.91 Å². The number of ether oxygens (including phenoxy) is 2. The highest BCUT2D eigenvalue weighted by atomic mass is 32.1. The standard InChI is InChI=1S/C15H15N3O5S/c1-22-13-6-10(12(18(20)21)8-14(13)23-2)9-16-17-15(19)7-11-4-3-5-24-11/h3-6,8-9H,7H2,1-2H3,(H,17,19)/b16-9-. The van der Waals surface area contributed by atoms with E-state index in [4.69, 9.17) is 9.47 Å². The Morgan fingerprint density at radius 1 is 1.38 bits per heavy atom. The van der Waals surface area contributed by atoms with Crippen LogP contribution in [-0.4, -0.2) is 31.3 Å². The molecule has 0 saturated heterocycles. The fourth-order valence-corrected chi connectivity index (χ4v) is 2.63. The van der Waals surface area contributed by atoms with E-state index in [2.05, 4.69) is 10.5 Å². The van der Waals surface area contributed by atoms with Crippen molar-refractivity contribution in [3.8, 4) is 11.5 Å². The van der Waals surface area contributed by atoms with E-state index in [0.29, 0.717) is 5.75 Å². The van der Waals surface area contributed by atoms with Gasteiger partial charge in [0, 0.05) is 4.88 Å². The maximum absolute atomic E-state index is 11.7. The van der Waals surface area contributed by atoms with Gasteiger partial charge in [0.1, 0.15) is 0 Å². The number of hydrazone groups is 1. The molecule has 1 heterocycles. The SMILES string of the molecule is COc1cc(/C=N\NC(=O)Cc2cccs2)c([N+](=O)[O-])cc1OC. The van der Waals surface area contributed by atoms with Crippen molar-refractivity contribution < 1.29 is 19.2 Å². The van der Waals surface area contributed by atoms with Gasteiger partial charge in [-0.15, -0.1) is 11.3 Å². The Bertz CT molecular complexity index is 759. The van der Waals surface area contributed by atoms with Crippen molar-refractivity contribution in [1.29, 1.82) is 0 Å². The van der Waals surface area contributed by atoms with Crippen molar-refractivity contribution in [2.24, 2.45) is 5.10 Å². The lowest BCUT2D eigenvalue weighted by Gasteiger charge is -2.08. The zero-order chi connectivity index (χ0) is 17.5. The van der Waals surface area contributed by atoms with E-state index in [0.717, 1.165) is 4.88 Å². The summed E-state index contributed by atoms with van der Waals surface area (Å²) in [7, 11) is 2.81. The van der Waals surface area contributed by atoms with E-state index in [9.17, 15) is 14.9 Å². The second-order valence-corrected chi connectivity index (χ2v) is 5.60. The third-order valence-electron chi connectivity index (χ3n) is 3.04. The maximum atomic E-state index is 11.7. The number of hydrogen-bond donors (Lipinski definition) is 1. The number of carbonyl (C=O) groups excluding carboxylic acids is 1. The van der Waals surface area contributed by atoms with Gasteiger partial charge < -0.3 is 9.47 Å². The predicted molar refractivity (Wildman–Crippen MR) is 90.0 cm³/mol. The first-order chi connectivity index (χ1) is 11.5. The monoisotopic (exact) mass is 349 g/mol. The fraction of sp³-hybridized carbons (Fsp3) is 0.200. The summed E-state index contributed by atoms with van der Waals surface area (Å²) >= 11 is 1.46. The third kappa shape index (κ3) is 4.29. The second-order valence-electron chi connectivity index (χ2n) is 4.57. The van der Waals surface area contributed by atoms with Gasteiger partial charge in [-0.1, -0.05) is 6.07 Å². The van der Waals surface area contributed by atoms with Crippen LogP contribution in [0.25, 0.3) is 0 Å². The van der Waals surface area contributed by atoms with Crippen LogP contribution >= 0.6 is 11.3 Å². The summed E-state index contributed by atoms with van der Waals surface area (Å²) < 4.78 is 10.2. The van der Waals surface area contributed by atoms with Gasteiger partial charge in [-0.2, -0.15) is 5.10 Å². The molecule has 0 radical (unpaired) electrons. The third-order valence-corrected chi connectivity index (χ3v) is 3.91. The number of nitro groups is 1. The van der Waals surface area contributed by atoms with E-state index in [1.807, 2.05) is 17.5 Å². The summed E-state index contributed by atoms with van der Waals surface area (Å²) in [4.78, 5) is 23.2. The summed E-state index contributed by atoms with van der Waals surface area (Å²) in [6, 6.07) is 6.36. The van der Waals surface area contributed by atoms with Gasteiger partial charge in [0.05, 0.1) is 43.4 Å². The normalized spacial score (nSPS) is 10.6. The van der Waals surface area contributed by atoms with Gasteiger partial charge in [-0.3, -0.25) is 14.9 Å². The summed E-state index contributed by atoms with van der Waals surface area (Å²) in [5.74, 6) is 0.259. The molecular formula is C15H15N3O5S. The van der Waals surface area contributed by atoms with Crippen molar-refractivity contribution in [3.63, 3.8) is 0 Å². The maximum Gasteiger partial charge on any atom is 0.282 e. The Balaban J connectivity index is 2.15. The number of amides is 1. The number of benzene rings is 1. The van der Waals surface area contributed by atoms with Crippen molar-refractivity contribution in [2.45, 2.75) is 6.42 Å². The van der Waals surface area contributed by atoms with Gasteiger partial charge in [0.15, 0.2) is 11.5 Å². The predicted octanol–water partition coefficient (Wildman–Crippen LogP) is 2.37. The largest absolute Gasteiger partial charge is 0.493 e. The Kier molecular flexibility index (Phi) is 5.85. The topological polar surface area (TPSA) is 103 Å². The summed E-state index contributed by atoms with van der Waals surface area (Å²) in [5, 5.41) is 16.8. The van der Waals surface area contributed by atoms with E-state index in [1.54, 1.807) is 0 Å². The number of rotatable bonds is 7. The molecule has 24 heavy (non-hydrogen) atoms. The molecule has 0 aliphatic carbocycles. The van der Waals surface area contributed by atoms with Crippen LogP contribution in [0.3, 0.4) is 0 Å². The number of nitrogens with zero attached hydrogens (tertiary/aromatic N) is 2. The van der Waals surface area contributed by atoms with Crippen LogP contribution in [0, 0.1) is 10.1 Å². The lowest BCUT2D eigenvalue weighted by molar-refractivity contribution is -0.385. The molecule has 1 aromatic heterocycles. The number of thiophene rings is 1. The van der Waals surface area contributed by atoms with E-state index >= 15 is 0 Å². The molecule has 1 N–H and O–H groups in total. The molecule has 126 valence electrons. The van der Waals surface area contributed by atoms with Crippen LogP contribution in [0.5, 0.6) is 11.5 Å². The minimum absolute atomic E-state index is 0.189. The number of methoxy groups -OCH3 is 2. The minimum atomic E-state index is -0.559. The summed E-state index contributed by atoms with van der Waals surface area (Å²) in [5.41, 5.74) is 2.33. The van der Waals surface area contributed by atoms with E-state index < -0.39 is 4.92 Å². The van der Waals surface area contributed by atoms with Crippen LogP contribution in [-0.2, 0) is 11.2 Å². The lowest BCUT2D eigenvalue weighted by atomic mass is 10.1. The highest BCUT2D eigenvalue weighted by molar-refractivity contribution is 7.10. The first kappa shape index (κ1) is 17.4. The Hall–Kier alpha value is -2.94. The Labute approximate surface area is 141 Å². The molecule has 2 aromatic rings. The van der Waals surface area contributed by atoms with Gasteiger partial charge in [-0.25, -0.2) is 5.43 Å². The molecule has 1 amide bonds. The van der Waals surface area contributed by atoms with E-state index in [1.165, 1.54) is 43.9 Å². The molecule has 1 aromatic carbocycles. The van der Waals surface area contributed by atoms with Crippen LogP contribution in [0.4, 0.5) is 5.69 Å². The van der Waals surface area contributed by atoms with Crippen LogP contribution in [0.15, 0.2) is 34.7 Å². The number of hydrogen-bond acceptors (Lipinski definition) is 7. The lowest BCUT2D eigenvalue weighted by Crippen LogP contribution is -2.19. The molecule has 0 fully saturated rings. The molecule has 0 spiro atoms. The van der Waals surface area contributed by atoms with Gasteiger partial charge in [-0.05, 0) is 17.5 Å². The average molecular weight is 349 g/mol. The molecule has 8 nitrogen and oxygen atoms in total. The first-order valence-corrected chi connectivity index (χ1v) is 7.67. The van der Waals surface area contributed by atoms with Crippen molar-refractivity contribution in [2.75, 3.05) is 14.2 Å². The molecular weight excluding hydrogens is 334 g/mol. The molecule has 9 heteroatoms. The van der Waals surface area contributed by atoms with Crippen LogP contribution < -0.4 is 14.9 Å².